The first kappa shape index (κ1) is 35.2. The van der Waals surface area contributed by atoms with Crippen LogP contribution in [0.2, 0.25) is 0 Å². The van der Waals surface area contributed by atoms with E-state index < -0.39 is 36.2 Å². The molecule has 1 N–H and O–H groups in total. The third-order valence-electron chi connectivity index (χ3n) is 10.2. The van der Waals surface area contributed by atoms with E-state index in [1.54, 1.807) is 54.0 Å². The van der Waals surface area contributed by atoms with Crippen molar-refractivity contribution in [2.45, 2.75) is 77.7 Å². The molecule has 6 rings (SSSR count). The summed E-state index contributed by atoms with van der Waals surface area (Å²) in [7, 11) is 1.54. The zero-order valence-corrected chi connectivity index (χ0v) is 28.7. The van der Waals surface area contributed by atoms with Crippen LogP contribution in [0.3, 0.4) is 0 Å². The summed E-state index contributed by atoms with van der Waals surface area (Å²) in [6, 6.07) is 19.5. The Labute approximate surface area is 290 Å². The summed E-state index contributed by atoms with van der Waals surface area (Å²) in [5.74, 6) is -0.630. The Hall–Kier alpha value is -4.61. The molecular weight excluding hydrogens is 647 g/mol. The van der Waals surface area contributed by atoms with Gasteiger partial charge in [-0.3, -0.25) is 4.79 Å². The van der Waals surface area contributed by atoms with E-state index >= 15 is 0 Å². The van der Waals surface area contributed by atoms with Crippen LogP contribution < -0.4 is 10.1 Å². The second kappa shape index (κ2) is 14.7. The third kappa shape index (κ3) is 8.22. The standard InChI is InChI=1S/C38H44F3N5O4/c1-25-9-13-28(14-10-25)34(43-36(48)50-24-27-7-5-4-6-8-27)32-23-46-33(42-32)18-15-30(44-46)20-37(2)19-29(38(39,40)41)22-45(35(37)47)21-26-11-16-31(49-3)17-12-26/h4-8,11-12,15-18,23,25,28-29,34H,9-10,13-14,19-22,24H2,1-3H3,(H,43,48)/t25?,28?,29-,34+,37?/m1/s1. The van der Waals surface area contributed by atoms with Gasteiger partial charge in [0, 0.05) is 19.5 Å². The summed E-state index contributed by atoms with van der Waals surface area (Å²) in [5, 5.41) is 7.79. The number of piperidine rings is 1. The van der Waals surface area contributed by atoms with Gasteiger partial charge in [-0.2, -0.15) is 18.3 Å². The molecule has 9 nitrogen and oxygen atoms in total. The van der Waals surface area contributed by atoms with Gasteiger partial charge in [-0.15, -0.1) is 0 Å². The number of methoxy groups -OCH3 is 1. The molecular formula is C38H44F3N5O4. The molecule has 1 unspecified atom stereocenters. The molecule has 4 aromatic rings. The number of halogens is 3. The number of alkyl halides is 3. The van der Waals surface area contributed by atoms with Gasteiger partial charge in [0.15, 0.2) is 5.65 Å². The van der Waals surface area contributed by atoms with E-state index in [4.69, 9.17) is 19.6 Å². The molecule has 2 aliphatic rings. The highest BCUT2D eigenvalue weighted by molar-refractivity contribution is 5.83. The SMILES string of the molecule is COc1ccc(CN2C[C@H](C(F)(F)F)CC(C)(Cc3ccc4nc([C@@H](NC(=O)OCc5ccccc5)C5CCC(C)CC5)cn4n3)C2=O)cc1. The number of hydrogen-bond donors (Lipinski definition) is 1. The first-order valence-electron chi connectivity index (χ1n) is 17.2. The van der Waals surface area contributed by atoms with Crippen LogP contribution in [0.4, 0.5) is 18.0 Å². The number of rotatable bonds is 10. The van der Waals surface area contributed by atoms with Gasteiger partial charge in [0.2, 0.25) is 5.91 Å². The van der Waals surface area contributed by atoms with Crippen LogP contribution in [0.5, 0.6) is 5.75 Å². The van der Waals surface area contributed by atoms with E-state index in [2.05, 4.69) is 12.2 Å². The quantitative estimate of drug-likeness (QED) is 0.183. The van der Waals surface area contributed by atoms with Gasteiger partial charge < -0.3 is 19.7 Å². The Bertz CT molecular complexity index is 1770. The number of carbonyl (C=O) groups excluding carboxylic acids is 2. The number of imidazole rings is 1. The molecule has 2 aromatic heterocycles. The highest BCUT2D eigenvalue weighted by Gasteiger charge is 2.52. The van der Waals surface area contributed by atoms with Gasteiger partial charge in [-0.25, -0.2) is 14.3 Å². The fraction of sp³-hybridized carbons (Fsp3) is 0.474. The molecule has 1 aliphatic carbocycles. The Kier molecular flexibility index (Phi) is 10.4. The van der Waals surface area contributed by atoms with E-state index in [1.165, 1.54) is 12.0 Å². The minimum atomic E-state index is -4.46. The number of aromatic nitrogens is 3. The fourth-order valence-corrected chi connectivity index (χ4v) is 7.41. The summed E-state index contributed by atoms with van der Waals surface area (Å²) in [6.45, 7) is 3.63. The Morgan fingerprint density at radius 1 is 1.02 bits per heavy atom. The first-order valence-corrected chi connectivity index (χ1v) is 17.2. The lowest BCUT2D eigenvalue weighted by Crippen LogP contribution is -2.54. The molecule has 2 amide bonds. The van der Waals surface area contributed by atoms with Crippen LogP contribution in [-0.2, 0) is 29.1 Å². The topological polar surface area (TPSA) is 98.1 Å². The molecule has 0 radical (unpaired) electrons. The van der Waals surface area contributed by atoms with Crippen LogP contribution in [0, 0.1) is 23.2 Å². The molecule has 3 heterocycles. The van der Waals surface area contributed by atoms with E-state index in [0.717, 1.165) is 31.2 Å². The smallest absolute Gasteiger partial charge is 0.408 e. The minimum absolute atomic E-state index is 0.0228. The van der Waals surface area contributed by atoms with Crippen LogP contribution in [0.1, 0.15) is 74.5 Å². The lowest BCUT2D eigenvalue weighted by atomic mass is 9.72. The minimum Gasteiger partial charge on any atom is -0.497 e. The summed E-state index contributed by atoms with van der Waals surface area (Å²) in [5.41, 5.74) is 1.91. The van der Waals surface area contributed by atoms with Crippen molar-refractivity contribution in [2.75, 3.05) is 13.7 Å². The highest BCUT2D eigenvalue weighted by atomic mass is 19.4. The highest BCUT2D eigenvalue weighted by Crippen LogP contribution is 2.44. The van der Waals surface area contributed by atoms with Gasteiger partial charge in [-0.05, 0) is 66.5 Å². The van der Waals surface area contributed by atoms with Gasteiger partial charge in [-0.1, -0.05) is 69.2 Å². The average molecular weight is 692 g/mol. The van der Waals surface area contributed by atoms with Gasteiger partial charge in [0.25, 0.3) is 0 Å². The largest absolute Gasteiger partial charge is 0.497 e. The van der Waals surface area contributed by atoms with Gasteiger partial charge >= 0.3 is 12.3 Å². The van der Waals surface area contributed by atoms with Crippen LogP contribution in [0.25, 0.3) is 5.65 Å². The van der Waals surface area contributed by atoms with Crippen molar-refractivity contribution in [3.05, 3.63) is 95.4 Å². The molecule has 266 valence electrons. The molecule has 2 fully saturated rings. The molecule has 1 saturated heterocycles. The number of benzene rings is 2. The van der Waals surface area contributed by atoms with Gasteiger partial charge in [0.05, 0.1) is 42.1 Å². The zero-order valence-electron chi connectivity index (χ0n) is 28.7. The Morgan fingerprint density at radius 2 is 1.74 bits per heavy atom. The molecule has 0 bridgehead atoms. The number of nitrogens with zero attached hydrogens (tertiary/aromatic N) is 4. The molecule has 1 aliphatic heterocycles. The Morgan fingerprint density at radius 3 is 2.42 bits per heavy atom. The number of likely N-dealkylation sites (tertiary alicyclic amines) is 1. The van der Waals surface area contributed by atoms with Crippen molar-refractivity contribution < 1.29 is 32.2 Å². The second-order valence-electron chi connectivity index (χ2n) is 14.2. The normalized spacial score (nSPS) is 23.4. The number of ether oxygens (including phenoxy) is 2. The van der Waals surface area contributed by atoms with Crippen molar-refractivity contribution in [3.8, 4) is 5.75 Å². The van der Waals surface area contributed by atoms with Crippen LogP contribution in [-0.4, -0.2) is 51.3 Å². The lowest BCUT2D eigenvalue weighted by molar-refractivity contribution is -0.202. The molecule has 2 aromatic carbocycles. The van der Waals surface area contributed by atoms with Gasteiger partial charge in [0.1, 0.15) is 12.4 Å². The third-order valence-corrected chi connectivity index (χ3v) is 10.2. The van der Waals surface area contributed by atoms with Crippen LogP contribution in [0.15, 0.2) is 72.9 Å². The molecule has 50 heavy (non-hydrogen) atoms. The monoisotopic (exact) mass is 691 g/mol. The van der Waals surface area contributed by atoms with E-state index in [-0.39, 0.29) is 37.8 Å². The molecule has 3 atom stereocenters. The van der Waals surface area contributed by atoms with Crippen molar-refractivity contribution in [2.24, 2.45) is 23.2 Å². The summed E-state index contributed by atoms with van der Waals surface area (Å²) >= 11 is 0. The maximum atomic E-state index is 14.2. The summed E-state index contributed by atoms with van der Waals surface area (Å²) in [6.07, 6.45) is 0.380. The number of nitrogens with one attached hydrogen (secondary N) is 1. The zero-order chi connectivity index (χ0) is 35.5. The van der Waals surface area contributed by atoms with Crippen molar-refractivity contribution in [1.82, 2.24) is 24.8 Å². The number of hydrogen-bond acceptors (Lipinski definition) is 6. The van der Waals surface area contributed by atoms with E-state index in [0.29, 0.717) is 34.3 Å². The molecule has 1 saturated carbocycles. The maximum Gasteiger partial charge on any atom is 0.408 e. The number of amides is 2. The molecule has 0 spiro atoms. The van der Waals surface area contributed by atoms with Crippen molar-refractivity contribution in [1.29, 1.82) is 0 Å². The Balaban J connectivity index is 1.22. The van der Waals surface area contributed by atoms with E-state index in [1.807, 2.05) is 30.3 Å². The number of fused-ring (bicyclic) bond motifs is 1. The predicted molar refractivity (Wildman–Crippen MR) is 181 cm³/mol. The van der Waals surface area contributed by atoms with E-state index in [9.17, 15) is 22.8 Å². The summed E-state index contributed by atoms with van der Waals surface area (Å²) < 4.78 is 55.0. The number of alkyl carbamates (subject to hydrolysis) is 1. The van der Waals surface area contributed by atoms with Crippen LogP contribution >= 0.6 is 0 Å². The van der Waals surface area contributed by atoms with Crippen molar-refractivity contribution >= 4 is 17.6 Å². The maximum absolute atomic E-state index is 14.2. The second-order valence-corrected chi connectivity index (χ2v) is 14.2. The first-order chi connectivity index (χ1) is 23.9. The molecule has 12 heteroatoms. The predicted octanol–water partition coefficient (Wildman–Crippen LogP) is 7.69. The average Bonchev–Trinajstić information content (AvgIpc) is 3.52. The lowest BCUT2D eigenvalue weighted by Gasteiger charge is -2.44. The van der Waals surface area contributed by atoms with Crippen molar-refractivity contribution in [3.63, 3.8) is 0 Å². The summed E-state index contributed by atoms with van der Waals surface area (Å²) in [4.78, 5) is 33.0. The fourth-order valence-electron chi connectivity index (χ4n) is 7.41. The number of carbonyl (C=O) groups is 2.